The van der Waals surface area contributed by atoms with Crippen LogP contribution >= 0.6 is 0 Å². The fourth-order valence-electron chi connectivity index (χ4n) is 5.65. The van der Waals surface area contributed by atoms with Crippen molar-refractivity contribution in [2.75, 3.05) is 22.8 Å². The quantitative estimate of drug-likeness (QED) is 0.179. The van der Waals surface area contributed by atoms with E-state index in [4.69, 9.17) is 4.98 Å². The van der Waals surface area contributed by atoms with Gasteiger partial charge in [0.15, 0.2) is 0 Å². The van der Waals surface area contributed by atoms with E-state index < -0.39 is 26.9 Å². The normalized spacial score (nSPS) is 17.3. The van der Waals surface area contributed by atoms with Gasteiger partial charge in [-0.15, -0.1) is 0 Å². The highest BCUT2D eigenvalue weighted by Crippen LogP contribution is 2.40. The van der Waals surface area contributed by atoms with E-state index in [2.05, 4.69) is 39.2 Å². The highest BCUT2D eigenvalue weighted by molar-refractivity contribution is 7.93. The van der Waals surface area contributed by atoms with Crippen molar-refractivity contribution in [2.24, 2.45) is 11.8 Å². The Labute approximate surface area is 271 Å². The lowest BCUT2D eigenvalue weighted by molar-refractivity contribution is 0.178. The van der Waals surface area contributed by atoms with E-state index in [1.54, 1.807) is 32.9 Å². The van der Waals surface area contributed by atoms with Gasteiger partial charge in [-0.05, 0) is 68.4 Å². The second-order valence-corrected chi connectivity index (χ2v) is 15.2. The topological polar surface area (TPSA) is 129 Å². The molecule has 46 heavy (non-hydrogen) atoms. The lowest BCUT2D eigenvalue weighted by Gasteiger charge is -2.30. The summed E-state index contributed by atoms with van der Waals surface area (Å²) < 4.78 is 27.9. The number of carbonyl (C=O) groups is 1. The van der Waals surface area contributed by atoms with Crippen molar-refractivity contribution in [1.82, 2.24) is 20.3 Å². The van der Waals surface area contributed by atoms with Gasteiger partial charge in [-0.25, -0.2) is 28.2 Å². The van der Waals surface area contributed by atoms with Gasteiger partial charge in [-0.1, -0.05) is 67.6 Å². The van der Waals surface area contributed by atoms with Crippen LogP contribution in [0.25, 0.3) is 11.3 Å². The molecule has 2 unspecified atom stereocenters. The first-order valence-corrected chi connectivity index (χ1v) is 17.0. The number of aromatic nitrogens is 3. The van der Waals surface area contributed by atoms with Crippen LogP contribution in [-0.2, 0) is 28.5 Å². The molecule has 0 spiro atoms. The zero-order valence-corrected chi connectivity index (χ0v) is 27.8. The fraction of sp³-hybridized carbons (Fsp3) is 0.371. The van der Waals surface area contributed by atoms with Gasteiger partial charge in [0.05, 0.1) is 22.2 Å². The molecular weight excluding hydrogens is 600 g/mol. The molecule has 0 aliphatic heterocycles. The second kappa shape index (κ2) is 13.5. The lowest BCUT2D eigenvalue weighted by atomic mass is 9.88. The number of hydrogen-bond donors (Lipinski definition) is 2. The van der Waals surface area contributed by atoms with Crippen LogP contribution in [0.5, 0.6) is 0 Å². The average Bonchev–Trinajstić information content (AvgIpc) is 3.74. The maximum absolute atomic E-state index is 13.3. The number of nitrogens with one attached hydrogen (secondary N) is 1. The second-order valence-electron chi connectivity index (χ2n) is 12.7. The van der Waals surface area contributed by atoms with Crippen LogP contribution < -0.4 is 14.5 Å². The number of nitrogens with zero attached hydrogens (tertiary/aromatic N) is 5. The van der Waals surface area contributed by atoms with E-state index in [1.165, 1.54) is 17.7 Å². The summed E-state index contributed by atoms with van der Waals surface area (Å²) in [6, 6.07) is 25.2. The highest BCUT2D eigenvalue weighted by Gasteiger charge is 2.35. The van der Waals surface area contributed by atoms with Crippen molar-refractivity contribution >= 4 is 27.8 Å². The van der Waals surface area contributed by atoms with Crippen LogP contribution in [0.3, 0.4) is 0 Å². The van der Waals surface area contributed by atoms with E-state index in [9.17, 15) is 18.3 Å². The van der Waals surface area contributed by atoms with Crippen molar-refractivity contribution < 1.29 is 18.3 Å². The molecule has 0 radical (unpaired) electrons. The summed E-state index contributed by atoms with van der Waals surface area (Å²) in [5.74, 6) is 2.04. The number of pyridine rings is 1. The summed E-state index contributed by atoms with van der Waals surface area (Å²) in [5.41, 5.74) is 2.65. The molecule has 2 N–H and O–H groups in total. The van der Waals surface area contributed by atoms with Gasteiger partial charge in [-0.3, -0.25) is 4.31 Å². The number of hydrogen-bond acceptors (Lipinski definition) is 7. The van der Waals surface area contributed by atoms with Crippen LogP contribution in [0.4, 0.5) is 16.4 Å². The van der Waals surface area contributed by atoms with Gasteiger partial charge in [0.25, 0.3) is 0 Å². The molecule has 4 aromatic rings. The van der Waals surface area contributed by atoms with Gasteiger partial charge in [0.2, 0.25) is 10.0 Å². The smallest absolute Gasteiger partial charge is 0.405 e. The monoisotopic (exact) mass is 642 g/mol. The Morgan fingerprint density at radius 2 is 1.61 bits per heavy atom. The maximum Gasteiger partial charge on any atom is 0.405 e. The molecule has 1 aliphatic rings. The molecule has 3 atom stereocenters. The molecule has 1 saturated carbocycles. The Morgan fingerprint density at radius 1 is 1.00 bits per heavy atom. The minimum atomic E-state index is -3.68. The third-order valence-corrected chi connectivity index (χ3v) is 10.8. The van der Waals surface area contributed by atoms with Crippen molar-refractivity contribution in [3.63, 3.8) is 0 Å². The number of anilines is 2. The number of rotatable bonds is 13. The van der Waals surface area contributed by atoms with E-state index in [0.717, 1.165) is 24.1 Å². The van der Waals surface area contributed by atoms with Crippen LogP contribution in [0.2, 0.25) is 0 Å². The molecule has 11 heteroatoms. The van der Waals surface area contributed by atoms with E-state index in [1.807, 2.05) is 54.6 Å². The third kappa shape index (κ3) is 7.64. The molecule has 2 aromatic heterocycles. The fourth-order valence-corrected chi connectivity index (χ4v) is 6.64. The summed E-state index contributed by atoms with van der Waals surface area (Å²) in [6.07, 6.45) is 1.74. The number of carboxylic acid groups (broad SMARTS) is 1. The molecule has 1 fully saturated rings. The summed E-state index contributed by atoms with van der Waals surface area (Å²) in [5, 5.41) is 11.8. The standard InChI is InChI=1S/C35H42N6O4S/c1-24(2)46(44,45)40(5)32-17-28(18-33(38-32)41(22-29-16-25(29)3)21-27-14-10-7-11-15-27)30-19-31(37-23-36-30)35(4,39-34(42)43)20-26-12-8-6-9-13-26/h6-15,17-19,23-25,29,39H,16,20-22H2,1-5H3,(H,42,43)/t25?,29?,35-/m1/s1. The van der Waals surface area contributed by atoms with Crippen LogP contribution in [-0.4, -0.2) is 53.4 Å². The Balaban J connectivity index is 1.62. The molecule has 242 valence electrons. The van der Waals surface area contributed by atoms with Crippen molar-refractivity contribution in [1.29, 1.82) is 0 Å². The number of benzene rings is 2. The van der Waals surface area contributed by atoms with Crippen LogP contribution in [0.1, 0.15) is 50.9 Å². The highest BCUT2D eigenvalue weighted by atomic mass is 32.2. The first-order valence-electron chi connectivity index (χ1n) is 15.5. The zero-order valence-electron chi connectivity index (χ0n) is 27.0. The Hall–Kier alpha value is -4.51. The van der Waals surface area contributed by atoms with Gasteiger partial charge >= 0.3 is 6.09 Å². The molecule has 0 saturated heterocycles. The lowest BCUT2D eigenvalue weighted by Crippen LogP contribution is -2.45. The summed E-state index contributed by atoms with van der Waals surface area (Å²) in [4.78, 5) is 28.2. The summed E-state index contributed by atoms with van der Waals surface area (Å²) in [6.45, 7) is 8.71. The van der Waals surface area contributed by atoms with Crippen molar-refractivity contribution in [3.05, 3.63) is 102 Å². The van der Waals surface area contributed by atoms with Gasteiger partial charge in [0, 0.05) is 32.1 Å². The number of amides is 1. The van der Waals surface area contributed by atoms with E-state index in [0.29, 0.717) is 47.6 Å². The van der Waals surface area contributed by atoms with Crippen LogP contribution in [0, 0.1) is 11.8 Å². The first-order chi connectivity index (χ1) is 21.9. The molecule has 2 heterocycles. The molecule has 1 amide bonds. The molecule has 5 rings (SSSR count). The SMILES string of the molecule is CC1CC1CN(Cc1ccccc1)c1cc(-c2cc([C@@](C)(Cc3ccccc3)NC(=O)O)ncn2)cc(N(C)S(=O)(=O)C(C)C)n1. The van der Waals surface area contributed by atoms with Gasteiger partial charge in [0.1, 0.15) is 18.0 Å². The van der Waals surface area contributed by atoms with E-state index in [-0.39, 0.29) is 5.82 Å². The molecular formula is C35H42N6O4S. The molecule has 2 aromatic carbocycles. The average molecular weight is 643 g/mol. The zero-order chi connectivity index (χ0) is 33.1. The van der Waals surface area contributed by atoms with Crippen LogP contribution in [0.15, 0.2) is 85.2 Å². The van der Waals surface area contributed by atoms with Gasteiger partial charge < -0.3 is 15.3 Å². The van der Waals surface area contributed by atoms with E-state index >= 15 is 0 Å². The summed E-state index contributed by atoms with van der Waals surface area (Å²) in [7, 11) is -2.16. The Bertz CT molecular complexity index is 1770. The first kappa shape index (κ1) is 32.9. The van der Waals surface area contributed by atoms with Crippen molar-refractivity contribution in [2.45, 2.75) is 57.9 Å². The Kier molecular flexibility index (Phi) is 9.62. The van der Waals surface area contributed by atoms with Gasteiger partial charge in [-0.2, -0.15) is 0 Å². The largest absolute Gasteiger partial charge is 0.465 e. The minimum Gasteiger partial charge on any atom is -0.465 e. The predicted octanol–water partition coefficient (Wildman–Crippen LogP) is 6.10. The van der Waals surface area contributed by atoms with Crippen molar-refractivity contribution in [3.8, 4) is 11.3 Å². The molecule has 1 aliphatic carbocycles. The Morgan fingerprint density at radius 3 is 2.20 bits per heavy atom. The molecule has 10 nitrogen and oxygen atoms in total. The third-order valence-electron chi connectivity index (χ3n) is 8.68. The minimum absolute atomic E-state index is 0.277. The number of sulfonamides is 1. The predicted molar refractivity (Wildman–Crippen MR) is 181 cm³/mol. The summed E-state index contributed by atoms with van der Waals surface area (Å²) >= 11 is 0. The maximum atomic E-state index is 13.3. The molecule has 0 bridgehead atoms.